The third-order valence-electron chi connectivity index (χ3n) is 2.88. The molecule has 88 valence electrons. The van der Waals surface area contributed by atoms with Crippen molar-refractivity contribution in [3.8, 4) is 0 Å². The molecule has 0 fully saturated rings. The first kappa shape index (κ1) is 12.7. The quantitative estimate of drug-likeness (QED) is 0.544. The second-order valence-electron chi connectivity index (χ2n) is 4.23. The lowest BCUT2D eigenvalue weighted by Crippen LogP contribution is -2.34. The number of ketones is 1. The number of esters is 1. The summed E-state index contributed by atoms with van der Waals surface area (Å²) < 4.78 is 5.14. The minimum atomic E-state index is -0.670. The fourth-order valence-corrected chi connectivity index (χ4v) is 1.85. The summed E-state index contributed by atoms with van der Waals surface area (Å²) in [5.74, 6) is 0.284. The van der Waals surface area contributed by atoms with E-state index in [1.807, 2.05) is 32.1 Å². The van der Waals surface area contributed by atoms with Crippen molar-refractivity contribution in [1.29, 1.82) is 0 Å². The molecule has 1 rings (SSSR count). The minimum Gasteiger partial charge on any atom is -0.431 e. The SMILES string of the molecule is C/C=C/C[C@]1(C)C(=O)CCC=C1OC(C)=O. The maximum absolute atomic E-state index is 11.9. The third-order valence-corrected chi connectivity index (χ3v) is 2.88. The largest absolute Gasteiger partial charge is 0.431 e. The Hall–Kier alpha value is -1.38. The van der Waals surface area contributed by atoms with Crippen LogP contribution in [0.5, 0.6) is 0 Å². The Kier molecular flexibility index (Phi) is 4.05. The van der Waals surface area contributed by atoms with E-state index in [0.29, 0.717) is 25.0 Å². The van der Waals surface area contributed by atoms with Gasteiger partial charge in [0.1, 0.15) is 11.5 Å². The highest BCUT2D eigenvalue weighted by atomic mass is 16.5. The molecule has 0 spiro atoms. The first-order valence-corrected chi connectivity index (χ1v) is 5.54. The van der Waals surface area contributed by atoms with Crippen molar-refractivity contribution in [2.75, 3.05) is 0 Å². The zero-order valence-corrected chi connectivity index (χ0v) is 10.1. The zero-order valence-electron chi connectivity index (χ0n) is 10.1. The van der Waals surface area contributed by atoms with Crippen LogP contribution >= 0.6 is 0 Å². The fraction of sp³-hybridized carbons (Fsp3) is 0.538. The maximum Gasteiger partial charge on any atom is 0.307 e. The number of rotatable bonds is 3. The average molecular weight is 222 g/mol. The van der Waals surface area contributed by atoms with Crippen LogP contribution in [0, 0.1) is 5.41 Å². The lowest BCUT2D eigenvalue weighted by Gasteiger charge is -2.31. The summed E-state index contributed by atoms with van der Waals surface area (Å²) in [7, 11) is 0. The standard InChI is InChI=1S/C13H18O3/c1-4-5-9-13(3)11(15)7-6-8-12(13)16-10(2)14/h4-5,8H,6-7,9H2,1-3H3/b5-4+/t13-/m1/s1. The number of ether oxygens (including phenoxy) is 1. The van der Waals surface area contributed by atoms with Gasteiger partial charge in [0.05, 0.1) is 5.41 Å². The van der Waals surface area contributed by atoms with Crippen LogP contribution < -0.4 is 0 Å². The van der Waals surface area contributed by atoms with Crippen LogP contribution in [0.3, 0.4) is 0 Å². The second kappa shape index (κ2) is 5.10. The Morgan fingerprint density at radius 2 is 2.31 bits per heavy atom. The molecule has 1 aliphatic carbocycles. The third kappa shape index (κ3) is 2.60. The molecule has 0 aromatic rings. The molecule has 0 unspecified atom stereocenters. The summed E-state index contributed by atoms with van der Waals surface area (Å²) in [5, 5.41) is 0. The summed E-state index contributed by atoms with van der Waals surface area (Å²) in [4.78, 5) is 22.9. The first-order chi connectivity index (χ1) is 7.50. The van der Waals surface area contributed by atoms with E-state index >= 15 is 0 Å². The number of hydrogen-bond donors (Lipinski definition) is 0. The molecule has 16 heavy (non-hydrogen) atoms. The van der Waals surface area contributed by atoms with E-state index in [-0.39, 0.29) is 11.8 Å². The lowest BCUT2D eigenvalue weighted by molar-refractivity contribution is -0.141. The predicted molar refractivity (Wildman–Crippen MR) is 61.6 cm³/mol. The highest BCUT2D eigenvalue weighted by Crippen LogP contribution is 2.38. The normalized spacial score (nSPS) is 25.7. The molecule has 0 bridgehead atoms. The van der Waals surface area contributed by atoms with E-state index in [4.69, 9.17) is 4.74 Å². The van der Waals surface area contributed by atoms with Crippen molar-refractivity contribution in [3.05, 3.63) is 24.0 Å². The number of allylic oxidation sites excluding steroid dienone is 4. The topological polar surface area (TPSA) is 43.4 Å². The lowest BCUT2D eigenvalue weighted by atomic mass is 9.75. The van der Waals surface area contributed by atoms with Crippen LogP contribution in [0.15, 0.2) is 24.0 Å². The summed E-state index contributed by atoms with van der Waals surface area (Å²) in [6, 6.07) is 0. The molecule has 3 heteroatoms. The molecule has 0 amide bonds. The van der Waals surface area contributed by atoms with Crippen molar-refractivity contribution in [1.82, 2.24) is 0 Å². The highest BCUT2D eigenvalue weighted by Gasteiger charge is 2.39. The molecular formula is C13H18O3. The Morgan fingerprint density at radius 1 is 1.62 bits per heavy atom. The van der Waals surface area contributed by atoms with Crippen LogP contribution in [0.4, 0.5) is 0 Å². The monoisotopic (exact) mass is 222 g/mol. The molecule has 0 heterocycles. The van der Waals surface area contributed by atoms with Gasteiger partial charge in [-0.05, 0) is 32.8 Å². The summed E-state index contributed by atoms with van der Waals surface area (Å²) in [6.45, 7) is 5.10. The molecule has 0 saturated carbocycles. The van der Waals surface area contributed by atoms with Gasteiger partial charge >= 0.3 is 5.97 Å². The molecule has 0 aliphatic heterocycles. The molecule has 3 nitrogen and oxygen atoms in total. The van der Waals surface area contributed by atoms with Crippen molar-refractivity contribution >= 4 is 11.8 Å². The number of carbonyl (C=O) groups is 2. The fourth-order valence-electron chi connectivity index (χ4n) is 1.85. The zero-order chi connectivity index (χ0) is 12.2. The Bertz CT molecular complexity index is 352. The van der Waals surface area contributed by atoms with E-state index in [0.717, 1.165) is 0 Å². The van der Waals surface area contributed by atoms with E-state index in [9.17, 15) is 9.59 Å². The number of Topliss-reactive ketones (excluding diaryl/α,β-unsaturated/α-hetero) is 1. The molecule has 0 N–H and O–H groups in total. The van der Waals surface area contributed by atoms with Gasteiger partial charge in [-0.15, -0.1) is 0 Å². The molecule has 1 aliphatic rings. The van der Waals surface area contributed by atoms with Crippen molar-refractivity contribution in [2.45, 2.75) is 40.0 Å². The maximum atomic E-state index is 11.9. The van der Waals surface area contributed by atoms with Crippen LogP contribution in [0.1, 0.15) is 40.0 Å². The summed E-state index contributed by atoms with van der Waals surface area (Å²) in [5.41, 5.74) is -0.670. The Morgan fingerprint density at radius 3 is 2.88 bits per heavy atom. The van der Waals surface area contributed by atoms with Crippen LogP contribution in [-0.4, -0.2) is 11.8 Å². The molecule has 0 saturated heterocycles. The number of hydrogen-bond acceptors (Lipinski definition) is 3. The van der Waals surface area contributed by atoms with Gasteiger partial charge in [0.25, 0.3) is 0 Å². The van der Waals surface area contributed by atoms with Crippen molar-refractivity contribution < 1.29 is 14.3 Å². The van der Waals surface area contributed by atoms with Crippen LogP contribution in [-0.2, 0) is 14.3 Å². The second-order valence-corrected chi connectivity index (χ2v) is 4.23. The minimum absolute atomic E-state index is 0.143. The van der Waals surface area contributed by atoms with Crippen LogP contribution in [0.25, 0.3) is 0 Å². The Balaban J connectivity index is 2.97. The summed E-state index contributed by atoms with van der Waals surface area (Å²) >= 11 is 0. The molecule has 0 aromatic heterocycles. The number of carbonyl (C=O) groups excluding carboxylic acids is 2. The van der Waals surface area contributed by atoms with Gasteiger partial charge in [-0.25, -0.2) is 0 Å². The summed E-state index contributed by atoms with van der Waals surface area (Å²) in [6.07, 6.45) is 7.46. The van der Waals surface area contributed by atoms with Crippen molar-refractivity contribution in [2.24, 2.45) is 5.41 Å². The van der Waals surface area contributed by atoms with Gasteiger partial charge in [0, 0.05) is 13.3 Å². The van der Waals surface area contributed by atoms with Gasteiger partial charge in [-0.1, -0.05) is 12.2 Å². The van der Waals surface area contributed by atoms with E-state index < -0.39 is 5.41 Å². The predicted octanol–water partition coefficient (Wildman–Crippen LogP) is 2.77. The molecular weight excluding hydrogens is 204 g/mol. The average Bonchev–Trinajstić information content (AvgIpc) is 2.22. The van der Waals surface area contributed by atoms with Gasteiger partial charge in [-0.3, -0.25) is 9.59 Å². The van der Waals surface area contributed by atoms with Gasteiger partial charge in [0.2, 0.25) is 0 Å². The van der Waals surface area contributed by atoms with E-state index in [1.165, 1.54) is 6.92 Å². The molecule has 0 aromatic carbocycles. The molecule has 0 radical (unpaired) electrons. The van der Waals surface area contributed by atoms with Gasteiger partial charge in [-0.2, -0.15) is 0 Å². The smallest absolute Gasteiger partial charge is 0.307 e. The highest BCUT2D eigenvalue weighted by molar-refractivity contribution is 5.89. The molecule has 1 atom stereocenters. The van der Waals surface area contributed by atoms with Gasteiger partial charge in [0.15, 0.2) is 0 Å². The Labute approximate surface area is 96.2 Å². The van der Waals surface area contributed by atoms with Crippen LogP contribution in [0.2, 0.25) is 0 Å². The first-order valence-electron chi connectivity index (χ1n) is 5.54. The van der Waals surface area contributed by atoms with Gasteiger partial charge < -0.3 is 4.74 Å². The van der Waals surface area contributed by atoms with Crippen molar-refractivity contribution in [3.63, 3.8) is 0 Å². The van der Waals surface area contributed by atoms with E-state index in [1.54, 1.807) is 0 Å². The van der Waals surface area contributed by atoms with E-state index in [2.05, 4.69) is 0 Å².